The third-order valence-electron chi connectivity index (χ3n) is 6.01. The van der Waals surface area contributed by atoms with Gasteiger partial charge in [-0.05, 0) is 49.8 Å². The number of carbonyl (C=O) groups excluding carboxylic acids is 2. The van der Waals surface area contributed by atoms with Crippen molar-refractivity contribution in [2.75, 3.05) is 42.7 Å². The molecule has 2 saturated heterocycles. The van der Waals surface area contributed by atoms with Crippen molar-refractivity contribution in [3.8, 4) is 0 Å². The van der Waals surface area contributed by atoms with Gasteiger partial charge in [-0.3, -0.25) is 9.59 Å². The first kappa shape index (κ1) is 20.3. The van der Waals surface area contributed by atoms with Crippen molar-refractivity contribution < 1.29 is 22.7 Å². The molecule has 8 nitrogen and oxygen atoms in total. The zero-order chi connectivity index (χ0) is 20.6. The van der Waals surface area contributed by atoms with E-state index in [2.05, 4.69) is 5.32 Å². The molecular weight excluding hydrogens is 394 g/mol. The first-order valence-electron chi connectivity index (χ1n) is 10.1. The first-order chi connectivity index (χ1) is 13.8. The second kappa shape index (κ2) is 8.04. The zero-order valence-electron chi connectivity index (χ0n) is 16.6. The van der Waals surface area contributed by atoms with Crippen LogP contribution in [0, 0.1) is 5.92 Å². The molecule has 4 rings (SSSR count). The molecule has 1 N–H and O–H groups in total. The van der Waals surface area contributed by atoms with Crippen LogP contribution in [0.1, 0.15) is 31.2 Å². The molecule has 0 spiro atoms. The molecule has 2 amide bonds. The topological polar surface area (TPSA) is 96.0 Å². The molecule has 3 aliphatic rings. The summed E-state index contributed by atoms with van der Waals surface area (Å²) in [7, 11) is -3.21. The van der Waals surface area contributed by atoms with E-state index in [0.717, 1.165) is 30.5 Å². The van der Waals surface area contributed by atoms with Gasteiger partial charge in [-0.2, -0.15) is 0 Å². The van der Waals surface area contributed by atoms with Crippen molar-refractivity contribution in [2.24, 2.45) is 5.92 Å². The number of hydrogen-bond donors (Lipinski definition) is 1. The van der Waals surface area contributed by atoms with Gasteiger partial charge in [0.2, 0.25) is 15.9 Å². The number of carbonyl (C=O) groups is 2. The number of ether oxygens (including phenoxy) is 1. The lowest BCUT2D eigenvalue weighted by Gasteiger charge is -2.29. The molecule has 0 radical (unpaired) electrons. The van der Waals surface area contributed by atoms with Crippen molar-refractivity contribution in [1.82, 2.24) is 4.31 Å². The highest BCUT2D eigenvalue weighted by molar-refractivity contribution is 7.88. The number of fused-ring (bicyclic) bond motifs is 1. The quantitative estimate of drug-likeness (QED) is 0.792. The number of nitrogens with one attached hydrogen (secondary N) is 1. The number of sulfonamides is 1. The summed E-state index contributed by atoms with van der Waals surface area (Å²) in [5.41, 5.74) is 2.59. The Balaban J connectivity index is 1.41. The van der Waals surface area contributed by atoms with E-state index in [1.807, 2.05) is 18.2 Å². The predicted molar refractivity (Wildman–Crippen MR) is 109 cm³/mol. The van der Waals surface area contributed by atoms with Crippen molar-refractivity contribution >= 4 is 33.2 Å². The number of amides is 2. The van der Waals surface area contributed by atoms with Crippen LogP contribution in [-0.2, 0) is 30.8 Å². The Morgan fingerprint density at radius 3 is 2.55 bits per heavy atom. The lowest BCUT2D eigenvalue weighted by atomic mass is 9.97. The number of hydrogen-bond acceptors (Lipinski definition) is 5. The largest absolute Gasteiger partial charge is 0.368 e. The molecular formula is C20H27N3O5S. The molecule has 1 aromatic rings. The molecule has 0 aromatic heterocycles. The molecule has 9 heteroatoms. The molecule has 3 aliphatic heterocycles. The fraction of sp³-hybridized carbons (Fsp3) is 0.600. The van der Waals surface area contributed by atoms with E-state index in [0.29, 0.717) is 44.8 Å². The minimum absolute atomic E-state index is 0.00197. The lowest BCUT2D eigenvalue weighted by Crippen LogP contribution is -2.40. The lowest BCUT2D eigenvalue weighted by molar-refractivity contribution is -0.127. The van der Waals surface area contributed by atoms with Gasteiger partial charge in [-0.1, -0.05) is 6.07 Å². The maximum Gasteiger partial charge on any atom is 0.256 e. The van der Waals surface area contributed by atoms with E-state index in [9.17, 15) is 18.0 Å². The molecule has 0 saturated carbocycles. The minimum atomic E-state index is -3.21. The van der Waals surface area contributed by atoms with Gasteiger partial charge in [0.25, 0.3) is 5.91 Å². The monoisotopic (exact) mass is 421 g/mol. The Morgan fingerprint density at radius 2 is 1.90 bits per heavy atom. The average Bonchev–Trinajstić information content (AvgIpc) is 3.37. The SMILES string of the molecule is CS(=O)(=O)N1CCC(C(=O)Nc2ccc3c(c2)N(C(=O)C2CCCO2)CC3)CC1. The summed E-state index contributed by atoms with van der Waals surface area (Å²) in [6.07, 6.45) is 4.31. The Kier molecular flexibility index (Phi) is 5.63. The Hall–Kier alpha value is -1.97. The number of piperidine rings is 1. The molecule has 1 aromatic carbocycles. The third kappa shape index (κ3) is 4.31. The number of benzene rings is 1. The highest BCUT2D eigenvalue weighted by Crippen LogP contribution is 2.33. The van der Waals surface area contributed by atoms with Gasteiger partial charge in [0.05, 0.1) is 6.26 Å². The average molecular weight is 422 g/mol. The van der Waals surface area contributed by atoms with Gasteiger partial charge in [-0.25, -0.2) is 12.7 Å². The Bertz CT molecular complexity index is 903. The summed E-state index contributed by atoms with van der Waals surface area (Å²) >= 11 is 0. The summed E-state index contributed by atoms with van der Waals surface area (Å²) < 4.78 is 30.2. The standard InChI is InChI=1S/C20H27N3O5S/c1-29(26,27)22-9-6-15(7-10-22)19(24)21-16-5-4-14-8-11-23(17(14)13-16)20(25)18-3-2-12-28-18/h4-5,13,15,18H,2-3,6-12H2,1H3,(H,21,24). The highest BCUT2D eigenvalue weighted by atomic mass is 32.2. The summed E-state index contributed by atoms with van der Waals surface area (Å²) in [6.45, 7) is 2.00. The van der Waals surface area contributed by atoms with Crippen molar-refractivity contribution in [3.05, 3.63) is 23.8 Å². The predicted octanol–water partition coefficient (Wildman–Crippen LogP) is 1.36. The molecule has 1 unspecified atom stereocenters. The molecule has 1 atom stereocenters. The van der Waals surface area contributed by atoms with Crippen LogP contribution < -0.4 is 10.2 Å². The Morgan fingerprint density at radius 1 is 1.14 bits per heavy atom. The van der Waals surface area contributed by atoms with Crippen LogP contribution in [0.4, 0.5) is 11.4 Å². The van der Waals surface area contributed by atoms with Crippen molar-refractivity contribution in [1.29, 1.82) is 0 Å². The molecule has 3 heterocycles. The van der Waals surface area contributed by atoms with Crippen LogP contribution in [0.5, 0.6) is 0 Å². The summed E-state index contributed by atoms with van der Waals surface area (Å²) in [5, 5.41) is 2.95. The third-order valence-corrected chi connectivity index (χ3v) is 7.32. The van der Waals surface area contributed by atoms with Gasteiger partial charge in [0.15, 0.2) is 0 Å². The molecule has 0 bridgehead atoms. The fourth-order valence-electron chi connectivity index (χ4n) is 4.33. The minimum Gasteiger partial charge on any atom is -0.368 e. The van der Waals surface area contributed by atoms with Gasteiger partial charge in [0.1, 0.15) is 6.10 Å². The summed E-state index contributed by atoms with van der Waals surface area (Å²) in [5.74, 6) is -0.322. The first-order valence-corrected chi connectivity index (χ1v) is 12.0. The number of anilines is 2. The van der Waals surface area contributed by atoms with Gasteiger partial charge in [-0.15, -0.1) is 0 Å². The van der Waals surface area contributed by atoms with Crippen LogP contribution in [0.3, 0.4) is 0 Å². The van der Waals surface area contributed by atoms with E-state index in [4.69, 9.17) is 4.74 Å². The van der Waals surface area contributed by atoms with E-state index in [1.165, 1.54) is 10.6 Å². The van der Waals surface area contributed by atoms with Gasteiger partial charge >= 0.3 is 0 Å². The zero-order valence-corrected chi connectivity index (χ0v) is 17.4. The van der Waals surface area contributed by atoms with Crippen molar-refractivity contribution in [2.45, 2.75) is 38.2 Å². The maximum atomic E-state index is 12.8. The van der Waals surface area contributed by atoms with E-state index in [1.54, 1.807) is 4.90 Å². The van der Waals surface area contributed by atoms with Crippen LogP contribution >= 0.6 is 0 Å². The second-order valence-corrected chi connectivity index (χ2v) is 9.99. The van der Waals surface area contributed by atoms with Gasteiger partial charge < -0.3 is 15.0 Å². The van der Waals surface area contributed by atoms with Crippen LogP contribution in [0.25, 0.3) is 0 Å². The van der Waals surface area contributed by atoms with E-state index < -0.39 is 10.0 Å². The molecule has 2 fully saturated rings. The van der Waals surface area contributed by atoms with Crippen LogP contribution in [-0.4, -0.2) is 63.1 Å². The van der Waals surface area contributed by atoms with E-state index in [-0.39, 0.29) is 23.8 Å². The number of nitrogens with zero attached hydrogens (tertiary/aromatic N) is 2. The second-order valence-electron chi connectivity index (χ2n) is 8.01. The highest BCUT2D eigenvalue weighted by Gasteiger charge is 2.33. The summed E-state index contributed by atoms with van der Waals surface area (Å²) in [6, 6.07) is 5.68. The molecule has 0 aliphatic carbocycles. The maximum absolute atomic E-state index is 12.8. The smallest absolute Gasteiger partial charge is 0.256 e. The van der Waals surface area contributed by atoms with Crippen LogP contribution in [0.2, 0.25) is 0 Å². The number of rotatable bonds is 4. The van der Waals surface area contributed by atoms with Gasteiger partial charge in [0, 0.05) is 43.5 Å². The molecule has 29 heavy (non-hydrogen) atoms. The molecule has 158 valence electrons. The van der Waals surface area contributed by atoms with Crippen LogP contribution in [0.15, 0.2) is 18.2 Å². The Labute approximate surface area is 171 Å². The fourth-order valence-corrected chi connectivity index (χ4v) is 5.20. The van der Waals surface area contributed by atoms with E-state index >= 15 is 0 Å². The normalized spacial score (nSPS) is 23.2. The van der Waals surface area contributed by atoms with Crippen molar-refractivity contribution in [3.63, 3.8) is 0 Å². The summed E-state index contributed by atoms with van der Waals surface area (Å²) in [4.78, 5) is 27.2.